The van der Waals surface area contributed by atoms with Gasteiger partial charge in [0.1, 0.15) is 5.75 Å². The first-order valence-electron chi connectivity index (χ1n) is 7.01. The number of rotatable bonds is 5. The summed E-state index contributed by atoms with van der Waals surface area (Å²) < 4.78 is 16.1. The van der Waals surface area contributed by atoms with E-state index in [4.69, 9.17) is 14.2 Å². The smallest absolute Gasteiger partial charge is 0.330 e. The molecule has 0 spiro atoms. The maximum atomic E-state index is 11.2. The van der Waals surface area contributed by atoms with Crippen molar-refractivity contribution in [3.05, 3.63) is 35.9 Å². The summed E-state index contributed by atoms with van der Waals surface area (Å²) in [7, 11) is 0. The third kappa shape index (κ3) is 4.70. The zero-order valence-corrected chi connectivity index (χ0v) is 11.7. The van der Waals surface area contributed by atoms with E-state index in [9.17, 15) is 4.79 Å². The van der Waals surface area contributed by atoms with Gasteiger partial charge in [0.05, 0.1) is 13.2 Å². The molecule has 0 amide bonds. The van der Waals surface area contributed by atoms with Crippen molar-refractivity contribution in [2.45, 2.75) is 32.5 Å². The molecule has 4 nitrogen and oxygen atoms in total. The van der Waals surface area contributed by atoms with Crippen LogP contribution in [0, 0.1) is 0 Å². The summed E-state index contributed by atoms with van der Waals surface area (Å²) in [4.78, 5) is 11.2. The van der Waals surface area contributed by atoms with Crippen molar-refractivity contribution < 1.29 is 19.0 Å². The lowest BCUT2D eigenvalue weighted by atomic mass is 10.2. The molecule has 1 unspecified atom stereocenters. The molecule has 1 aliphatic heterocycles. The van der Waals surface area contributed by atoms with Crippen molar-refractivity contribution in [3.63, 3.8) is 0 Å². The normalized spacial score (nSPS) is 18.9. The maximum Gasteiger partial charge on any atom is 0.330 e. The van der Waals surface area contributed by atoms with Gasteiger partial charge in [0.25, 0.3) is 0 Å². The molecule has 2 rings (SSSR count). The van der Waals surface area contributed by atoms with Gasteiger partial charge in [0.15, 0.2) is 6.29 Å². The highest BCUT2D eigenvalue weighted by molar-refractivity contribution is 5.87. The van der Waals surface area contributed by atoms with Gasteiger partial charge in [-0.1, -0.05) is 12.1 Å². The lowest BCUT2D eigenvalue weighted by Crippen LogP contribution is -2.24. The van der Waals surface area contributed by atoms with Crippen LogP contribution in [-0.4, -0.2) is 25.5 Å². The first kappa shape index (κ1) is 14.6. The quantitative estimate of drug-likeness (QED) is 0.612. The molecule has 1 fully saturated rings. The first-order chi connectivity index (χ1) is 9.78. The molecule has 0 aliphatic carbocycles. The fourth-order valence-corrected chi connectivity index (χ4v) is 1.97. The molecule has 1 aromatic rings. The molecule has 0 N–H and O–H groups in total. The van der Waals surface area contributed by atoms with Crippen LogP contribution in [0.1, 0.15) is 31.7 Å². The summed E-state index contributed by atoms with van der Waals surface area (Å²) in [6, 6.07) is 7.55. The molecule has 0 bridgehead atoms. The summed E-state index contributed by atoms with van der Waals surface area (Å²) >= 11 is 0. The monoisotopic (exact) mass is 276 g/mol. The molecule has 1 saturated heterocycles. The molecule has 1 atom stereocenters. The van der Waals surface area contributed by atoms with E-state index in [-0.39, 0.29) is 12.3 Å². The van der Waals surface area contributed by atoms with E-state index < -0.39 is 0 Å². The Morgan fingerprint density at radius 1 is 1.35 bits per heavy atom. The van der Waals surface area contributed by atoms with Gasteiger partial charge < -0.3 is 14.2 Å². The molecule has 0 saturated carbocycles. The number of hydrogen-bond acceptors (Lipinski definition) is 4. The van der Waals surface area contributed by atoms with Crippen LogP contribution in [0.3, 0.4) is 0 Å². The van der Waals surface area contributed by atoms with E-state index in [0.29, 0.717) is 6.61 Å². The summed E-state index contributed by atoms with van der Waals surface area (Å²) in [6.07, 6.45) is 6.19. The highest BCUT2D eigenvalue weighted by Crippen LogP contribution is 2.19. The van der Waals surface area contributed by atoms with E-state index in [1.165, 1.54) is 6.08 Å². The minimum atomic E-state index is -0.330. The van der Waals surface area contributed by atoms with E-state index in [2.05, 4.69) is 0 Å². The number of carbonyl (C=O) groups is 1. The fourth-order valence-electron chi connectivity index (χ4n) is 1.97. The van der Waals surface area contributed by atoms with Crippen LogP contribution in [0.15, 0.2) is 30.3 Å². The van der Waals surface area contributed by atoms with Crippen molar-refractivity contribution in [1.29, 1.82) is 0 Å². The van der Waals surface area contributed by atoms with Crippen LogP contribution in [0.25, 0.3) is 6.08 Å². The van der Waals surface area contributed by atoms with Crippen molar-refractivity contribution in [1.82, 2.24) is 0 Å². The number of esters is 1. The van der Waals surface area contributed by atoms with Crippen LogP contribution in [0.2, 0.25) is 0 Å². The van der Waals surface area contributed by atoms with Gasteiger partial charge in [0, 0.05) is 12.5 Å². The van der Waals surface area contributed by atoms with Gasteiger partial charge in [-0.15, -0.1) is 0 Å². The third-order valence-corrected chi connectivity index (χ3v) is 2.98. The van der Waals surface area contributed by atoms with Crippen molar-refractivity contribution >= 4 is 12.0 Å². The predicted octanol–water partition coefficient (Wildman–Crippen LogP) is 3.17. The predicted molar refractivity (Wildman–Crippen MR) is 76.3 cm³/mol. The number of hydrogen-bond donors (Lipinski definition) is 0. The highest BCUT2D eigenvalue weighted by Gasteiger charge is 2.14. The molecule has 20 heavy (non-hydrogen) atoms. The molecule has 1 aliphatic rings. The van der Waals surface area contributed by atoms with E-state index in [1.807, 2.05) is 24.3 Å². The van der Waals surface area contributed by atoms with Crippen LogP contribution in [-0.2, 0) is 14.3 Å². The SMILES string of the molecule is CCOC(=O)C=Cc1ccc(OC2CCCCO2)cc1. The Morgan fingerprint density at radius 3 is 2.80 bits per heavy atom. The summed E-state index contributed by atoms with van der Waals surface area (Å²) in [6.45, 7) is 2.94. The molecule has 1 aromatic carbocycles. The molecular weight excluding hydrogens is 256 g/mol. The second kappa shape index (κ2) is 7.70. The van der Waals surface area contributed by atoms with Crippen LogP contribution < -0.4 is 4.74 Å². The minimum Gasteiger partial charge on any atom is -0.465 e. The first-order valence-corrected chi connectivity index (χ1v) is 7.01. The summed E-state index contributed by atoms with van der Waals surface area (Å²) in [5, 5.41) is 0. The van der Waals surface area contributed by atoms with Crippen molar-refractivity contribution in [2.24, 2.45) is 0 Å². The minimum absolute atomic E-state index is 0.135. The lowest BCUT2D eigenvalue weighted by Gasteiger charge is -2.23. The van der Waals surface area contributed by atoms with Gasteiger partial charge >= 0.3 is 5.97 Å². The van der Waals surface area contributed by atoms with Crippen LogP contribution >= 0.6 is 0 Å². The number of ether oxygens (including phenoxy) is 3. The van der Waals surface area contributed by atoms with Gasteiger partial charge in [0.2, 0.25) is 0 Å². The second-order valence-corrected chi connectivity index (χ2v) is 4.57. The molecule has 1 heterocycles. The van der Waals surface area contributed by atoms with Gasteiger partial charge in [-0.05, 0) is 43.5 Å². The average Bonchev–Trinajstić information content (AvgIpc) is 2.48. The molecule has 4 heteroatoms. The Morgan fingerprint density at radius 2 is 2.15 bits per heavy atom. The van der Waals surface area contributed by atoms with Gasteiger partial charge in [-0.3, -0.25) is 0 Å². The Kier molecular flexibility index (Phi) is 5.62. The summed E-state index contributed by atoms with van der Waals surface area (Å²) in [5.41, 5.74) is 0.926. The van der Waals surface area contributed by atoms with Crippen molar-refractivity contribution in [3.8, 4) is 5.75 Å². The van der Waals surface area contributed by atoms with Crippen LogP contribution in [0.4, 0.5) is 0 Å². The standard InChI is InChI=1S/C16H20O4/c1-2-18-15(17)11-8-13-6-9-14(10-7-13)20-16-5-3-4-12-19-16/h6-11,16H,2-5,12H2,1H3. The maximum absolute atomic E-state index is 11.2. The topological polar surface area (TPSA) is 44.8 Å². The van der Waals surface area contributed by atoms with Gasteiger partial charge in [-0.25, -0.2) is 4.79 Å². The Balaban J connectivity index is 1.87. The van der Waals surface area contributed by atoms with Gasteiger partial charge in [-0.2, -0.15) is 0 Å². The third-order valence-electron chi connectivity index (χ3n) is 2.98. The lowest BCUT2D eigenvalue weighted by molar-refractivity contribution is -0.137. The van der Waals surface area contributed by atoms with E-state index in [1.54, 1.807) is 13.0 Å². The van der Waals surface area contributed by atoms with E-state index in [0.717, 1.165) is 37.2 Å². The molecule has 0 radical (unpaired) electrons. The number of carbonyl (C=O) groups excluding carboxylic acids is 1. The Hall–Kier alpha value is -1.81. The fraction of sp³-hybridized carbons (Fsp3) is 0.438. The van der Waals surface area contributed by atoms with Crippen molar-refractivity contribution in [2.75, 3.05) is 13.2 Å². The Labute approximate surface area is 119 Å². The highest BCUT2D eigenvalue weighted by atomic mass is 16.7. The molecular formula is C16H20O4. The zero-order valence-electron chi connectivity index (χ0n) is 11.7. The Bertz CT molecular complexity index is 444. The van der Waals surface area contributed by atoms with E-state index >= 15 is 0 Å². The molecule has 108 valence electrons. The average molecular weight is 276 g/mol. The zero-order chi connectivity index (χ0) is 14.2. The number of benzene rings is 1. The largest absolute Gasteiger partial charge is 0.465 e. The summed E-state index contributed by atoms with van der Waals surface area (Å²) in [5.74, 6) is 0.452. The van der Waals surface area contributed by atoms with Crippen LogP contribution in [0.5, 0.6) is 5.75 Å². The molecule has 0 aromatic heterocycles. The second-order valence-electron chi connectivity index (χ2n) is 4.57.